The fourth-order valence-corrected chi connectivity index (χ4v) is 3.46. The van der Waals surface area contributed by atoms with Gasteiger partial charge in [-0.25, -0.2) is 19.0 Å². The van der Waals surface area contributed by atoms with Gasteiger partial charge in [-0.05, 0) is 66.7 Å². The number of esters is 2. The van der Waals surface area contributed by atoms with E-state index < -0.39 is 57.6 Å². The Morgan fingerprint density at radius 1 is 1.06 bits per heavy atom. The lowest BCUT2D eigenvalue weighted by Gasteiger charge is -2.47. The molecule has 0 fully saturated rings. The van der Waals surface area contributed by atoms with Crippen LogP contribution >= 0.6 is 15.9 Å². The number of halogens is 4. The molecule has 2 N–H and O–H groups in total. The molecule has 1 aliphatic heterocycles. The molecule has 0 saturated heterocycles. The number of benzene rings is 1. The van der Waals surface area contributed by atoms with Crippen LogP contribution in [0, 0.1) is 5.82 Å². The van der Waals surface area contributed by atoms with Gasteiger partial charge < -0.3 is 19.9 Å². The molecule has 2 rings (SSSR count). The summed E-state index contributed by atoms with van der Waals surface area (Å²) in [5.74, 6) is -9.06. The molecule has 0 bridgehead atoms. The third kappa shape index (κ3) is 4.44. The lowest BCUT2D eigenvalue weighted by Crippen LogP contribution is -2.73. The Kier molecular flexibility index (Phi) is 6.43. The first-order valence-corrected chi connectivity index (χ1v) is 10.4. The van der Waals surface area contributed by atoms with Gasteiger partial charge in [0.05, 0.1) is 0 Å². The van der Waals surface area contributed by atoms with Crippen molar-refractivity contribution in [2.75, 3.05) is 0 Å². The highest BCUT2D eigenvalue weighted by atomic mass is 79.9. The van der Waals surface area contributed by atoms with Gasteiger partial charge in [0, 0.05) is 10.0 Å². The quantitative estimate of drug-likeness (QED) is 0.471. The maximum absolute atomic E-state index is 16.3. The summed E-state index contributed by atoms with van der Waals surface area (Å²) >= 11 is 3.10. The second-order valence-corrected chi connectivity index (χ2v) is 10.4. The first-order valence-electron chi connectivity index (χ1n) is 9.61. The SMILES string of the molecule is CC(C)(C)OC(=O)C1(C(=O)OC(C)(C)C)OC(N)=NC(C)(c2cc(Br)ccc2F)C1(F)F. The monoisotopic (exact) mass is 522 g/mol. The maximum atomic E-state index is 16.3. The molecule has 1 aromatic carbocycles. The number of rotatable bonds is 3. The van der Waals surface area contributed by atoms with Gasteiger partial charge in [-0.3, -0.25) is 0 Å². The van der Waals surface area contributed by atoms with Crippen molar-refractivity contribution in [1.82, 2.24) is 0 Å². The predicted octanol–water partition coefficient (Wildman–Crippen LogP) is 4.21. The van der Waals surface area contributed by atoms with Crippen molar-refractivity contribution < 1.29 is 37.0 Å². The van der Waals surface area contributed by atoms with Crippen molar-refractivity contribution in [3.8, 4) is 0 Å². The molecule has 1 aromatic rings. The van der Waals surface area contributed by atoms with Crippen molar-refractivity contribution in [1.29, 1.82) is 0 Å². The Morgan fingerprint density at radius 2 is 1.53 bits per heavy atom. The minimum atomic E-state index is -4.50. The molecule has 0 saturated carbocycles. The Bertz CT molecular complexity index is 941. The minimum absolute atomic E-state index is 0.256. The molecule has 178 valence electrons. The summed E-state index contributed by atoms with van der Waals surface area (Å²) in [5, 5.41) is 0. The number of alkyl halides is 2. The van der Waals surface area contributed by atoms with Gasteiger partial charge in [-0.2, -0.15) is 8.78 Å². The van der Waals surface area contributed by atoms with Crippen molar-refractivity contribution >= 4 is 33.9 Å². The van der Waals surface area contributed by atoms with E-state index in [2.05, 4.69) is 20.9 Å². The van der Waals surface area contributed by atoms with Gasteiger partial charge >= 0.3 is 23.5 Å². The Morgan fingerprint density at radius 3 is 1.97 bits per heavy atom. The summed E-state index contributed by atoms with van der Waals surface area (Å²) in [4.78, 5) is 29.9. The second-order valence-electron chi connectivity index (χ2n) is 9.51. The molecule has 7 nitrogen and oxygen atoms in total. The lowest BCUT2D eigenvalue weighted by molar-refractivity contribution is -0.250. The van der Waals surface area contributed by atoms with Crippen LogP contribution in [0.25, 0.3) is 0 Å². The van der Waals surface area contributed by atoms with Crippen LogP contribution in [-0.2, 0) is 29.3 Å². The highest BCUT2D eigenvalue weighted by Crippen LogP contribution is 2.53. The molecule has 0 spiro atoms. The summed E-state index contributed by atoms with van der Waals surface area (Å²) in [7, 11) is 0. The molecule has 0 amide bonds. The third-order valence-electron chi connectivity index (χ3n) is 4.47. The molecule has 32 heavy (non-hydrogen) atoms. The number of hydrogen-bond donors (Lipinski definition) is 1. The number of carbonyl (C=O) groups excluding carboxylic acids is 2. The van der Waals surface area contributed by atoms with Gasteiger partial charge in [-0.15, -0.1) is 0 Å². The van der Waals surface area contributed by atoms with Gasteiger partial charge in [0.15, 0.2) is 5.54 Å². The van der Waals surface area contributed by atoms with E-state index in [1.54, 1.807) is 0 Å². The average Bonchev–Trinajstić information content (AvgIpc) is 2.57. The van der Waals surface area contributed by atoms with E-state index in [4.69, 9.17) is 19.9 Å². The Labute approximate surface area is 192 Å². The summed E-state index contributed by atoms with van der Waals surface area (Å²) in [6, 6.07) is 2.35. The Balaban J connectivity index is 2.87. The van der Waals surface area contributed by atoms with Crippen LogP contribution in [0.1, 0.15) is 54.0 Å². The fourth-order valence-electron chi connectivity index (χ4n) is 3.10. The van der Waals surface area contributed by atoms with Crippen LogP contribution in [0.3, 0.4) is 0 Å². The molecule has 1 unspecified atom stereocenters. The number of aliphatic imine (C=N–C) groups is 1. The van der Waals surface area contributed by atoms with Gasteiger partial charge in [0.1, 0.15) is 17.0 Å². The summed E-state index contributed by atoms with van der Waals surface area (Å²) in [5.41, 5.74) is -4.04. The van der Waals surface area contributed by atoms with Crippen molar-refractivity contribution in [2.24, 2.45) is 10.7 Å². The van der Waals surface area contributed by atoms with E-state index in [0.29, 0.717) is 0 Å². The zero-order valence-electron chi connectivity index (χ0n) is 18.8. The molecule has 1 aliphatic rings. The molecule has 0 aromatic heterocycles. The smallest absolute Gasteiger partial charge is 0.369 e. The number of nitrogens with two attached hydrogens (primary N) is 1. The maximum Gasteiger partial charge on any atom is 0.369 e. The zero-order valence-corrected chi connectivity index (χ0v) is 20.4. The summed E-state index contributed by atoms with van der Waals surface area (Å²) in [6.45, 7) is 9.34. The third-order valence-corrected chi connectivity index (χ3v) is 4.96. The number of hydrogen-bond acceptors (Lipinski definition) is 7. The molecular formula is C21H26BrF3N2O5. The predicted molar refractivity (Wildman–Crippen MR) is 114 cm³/mol. The van der Waals surface area contributed by atoms with E-state index in [1.807, 2.05) is 0 Å². The number of carbonyl (C=O) groups is 2. The van der Waals surface area contributed by atoms with Crippen molar-refractivity contribution in [3.05, 3.63) is 34.1 Å². The summed E-state index contributed by atoms with van der Waals surface area (Å²) < 4.78 is 62.9. The van der Waals surface area contributed by atoms with Crippen LogP contribution in [0.5, 0.6) is 0 Å². The molecule has 11 heteroatoms. The van der Waals surface area contributed by atoms with E-state index >= 15 is 8.78 Å². The molecular weight excluding hydrogens is 497 g/mol. The largest absolute Gasteiger partial charge is 0.456 e. The standard InChI is InChI=1S/C21H26BrF3N2O5/c1-17(2,3)30-14(28)20(15(29)31-18(4,5)6)21(24,25)19(7,27-16(26)32-20)12-10-11(22)8-9-13(12)23/h8-10H,1-7H3,(H2,26,27). The van der Waals surface area contributed by atoms with Crippen LogP contribution in [-0.4, -0.2) is 40.7 Å². The van der Waals surface area contributed by atoms with Crippen LogP contribution < -0.4 is 5.73 Å². The average molecular weight is 523 g/mol. The first kappa shape index (κ1) is 26.0. The van der Waals surface area contributed by atoms with Gasteiger partial charge in [0.2, 0.25) is 0 Å². The number of nitrogens with zero attached hydrogens (tertiary/aromatic N) is 1. The minimum Gasteiger partial charge on any atom is -0.456 e. The van der Waals surface area contributed by atoms with E-state index in [1.165, 1.54) is 47.6 Å². The molecule has 1 atom stereocenters. The normalized spacial score (nSPS) is 22.4. The molecule has 0 radical (unpaired) electrons. The first-order chi connectivity index (χ1) is 14.3. The lowest BCUT2D eigenvalue weighted by atomic mass is 9.75. The number of amidine groups is 1. The van der Waals surface area contributed by atoms with E-state index in [-0.39, 0.29) is 4.47 Å². The van der Waals surface area contributed by atoms with E-state index in [9.17, 15) is 14.0 Å². The topological polar surface area (TPSA) is 100 Å². The summed E-state index contributed by atoms with van der Waals surface area (Å²) in [6.07, 6.45) is 0. The van der Waals surface area contributed by atoms with Crippen LogP contribution in [0.15, 0.2) is 27.7 Å². The van der Waals surface area contributed by atoms with Gasteiger partial charge in [0.25, 0.3) is 6.02 Å². The van der Waals surface area contributed by atoms with Crippen molar-refractivity contribution in [2.45, 2.75) is 76.7 Å². The highest BCUT2D eigenvalue weighted by molar-refractivity contribution is 9.10. The highest BCUT2D eigenvalue weighted by Gasteiger charge is 2.80. The second kappa shape index (κ2) is 7.93. The van der Waals surface area contributed by atoms with Crippen LogP contribution in [0.2, 0.25) is 0 Å². The number of ether oxygens (including phenoxy) is 3. The Hall–Kier alpha value is -2.30. The van der Waals surface area contributed by atoms with Crippen molar-refractivity contribution in [3.63, 3.8) is 0 Å². The van der Waals surface area contributed by atoms with Gasteiger partial charge in [-0.1, -0.05) is 15.9 Å². The molecule has 1 heterocycles. The molecule has 0 aliphatic carbocycles. The zero-order chi connectivity index (χ0) is 24.9. The van der Waals surface area contributed by atoms with Crippen LogP contribution in [0.4, 0.5) is 13.2 Å². The fraction of sp³-hybridized carbons (Fsp3) is 0.571. The van der Waals surface area contributed by atoms with E-state index in [0.717, 1.165) is 19.1 Å².